The van der Waals surface area contributed by atoms with Gasteiger partial charge in [-0.05, 0) is 59.3 Å². The monoisotopic (exact) mass is 243 g/mol. The molecule has 1 aliphatic rings. The normalized spacial score (nSPS) is 20.5. The van der Waals surface area contributed by atoms with Crippen LogP contribution in [0, 0.1) is 0 Å². The molecule has 4 nitrogen and oxygen atoms in total. The number of hydrogen-bond acceptors (Lipinski definition) is 4. The topological polar surface area (TPSA) is 52.7 Å². The van der Waals surface area contributed by atoms with Crippen LogP contribution < -0.4 is 5.73 Å². The standard InChI is InChI=1S/C13H29N3O/c1-13(2,17)5-10-16-9-4-8-15(11-12-16)7-3-6-14/h17H,3-12,14H2,1-2H3. The van der Waals surface area contributed by atoms with Crippen LogP contribution in [0.15, 0.2) is 0 Å². The number of aliphatic hydroxyl groups is 1. The van der Waals surface area contributed by atoms with Crippen LogP contribution in [-0.4, -0.2) is 66.3 Å². The number of rotatable bonds is 6. The average molecular weight is 243 g/mol. The molecule has 0 radical (unpaired) electrons. The van der Waals surface area contributed by atoms with E-state index in [4.69, 9.17) is 5.73 Å². The molecule has 0 aromatic rings. The summed E-state index contributed by atoms with van der Waals surface area (Å²) in [4.78, 5) is 4.98. The predicted molar refractivity (Wildman–Crippen MR) is 72.1 cm³/mol. The van der Waals surface area contributed by atoms with E-state index in [1.807, 2.05) is 13.8 Å². The second-order valence-electron chi connectivity index (χ2n) is 5.74. The van der Waals surface area contributed by atoms with Gasteiger partial charge in [0.05, 0.1) is 5.60 Å². The molecule has 17 heavy (non-hydrogen) atoms. The molecule has 0 atom stereocenters. The first-order valence-corrected chi connectivity index (χ1v) is 6.88. The van der Waals surface area contributed by atoms with Gasteiger partial charge in [-0.25, -0.2) is 0 Å². The van der Waals surface area contributed by atoms with Crippen molar-refractivity contribution < 1.29 is 5.11 Å². The Hall–Kier alpha value is -0.160. The highest BCUT2D eigenvalue weighted by molar-refractivity contribution is 4.73. The highest BCUT2D eigenvalue weighted by Gasteiger charge is 2.18. The van der Waals surface area contributed by atoms with E-state index >= 15 is 0 Å². The summed E-state index contributed by atoms with van der Waals surface area (Å²) >= 11 is 0. The lowest BCUT2D eigenvalue weighted by atomic mass is 10.1. The van der Waals surface area contributed by atoms with Crippen LogP contribution in [0.25, 0.3) is 0 Å². The Morgan fingerprint density at radius 1 is 1.06 bits per heavy atom. The van der Waals surface area contributed by atoms with E-state index in [2.05, 4.69) is 9.80 Å². The number of nitrogens with two attached hydrogens (primary N) is 1. The third-order valence-corrected chi connectivity index (χ3v) is 3.40. The fourth-order valence-electron chi connectivity index (χ4n) is 2.22. The minimum Gasteiger partial charge on any atom is -0.390 e. The molecule has 0 unspecified atom stereocenters. The predicted octanol–water partition coefficient (Wildman–Crippen LogP) is 0.504. The molecule has 0 aromatic heterocycles. The van der Waals surface area contributed by atoms with Crippen molar-refractivity contribution in [3.05, 3.63) is 0 Å². The molecular weight excluding hydrogens is 214 g/mol. The highest BCUT2D eigenvalue weighted by Crippen LogP contribution is 2.10. The number of nitrogens with zero attached hydrogens (tertiary/aromatic N) is 2. The van der Waals surface area contributed by atoms with Gasteiger partial charge < -0.3 is 20.6 Å². The molecule has 0 aromatic carbocycles. The van der Waals surface area contributed by atoms with Crippen LogP contribution in [0.5, 0.6) is 0 Å². The third-order valence-electron chi connectivity index (χ3n) is 3.40. The zero-order chi connectivity index (χ0) is 12.7. The molecule has 0 saturated carbocycles. The van der Waals surface area contributed by atoms with Gasteiger partial charge in [-0.2, -0.15) is 0 Å². The van der Waals surface area contributed by atoms with Crippen LogP contribution in [0.3, 0.4) is 0 Å². The smallest absolute Gasteiger partial charge is 0.0603 e. The molecule has 0 amide bonds. The summed E-state index contributed by atoms with van der Waals surface area (Å²) in [5.74, 6) is 0. The van der Waals surface area contributed by atoms with Crippen molar-refractivity contribution in [2.45, 2.75) is 38.7 Å². The van der Waals surface area contributed by atoms with Gasteiger partial charge in [0, 0.05) is 19.6 Å². The van der Waals surface area contributed by atoms with Gasteiger partial charge in [-0.15, -0.1) is 0 Å². The summed E-state index contributed by atoms with van der Waals surface area (Å²) in [5.41, 5.74) is 5.01. The molecule has 0 spiro atoms. The van der Waals surface area contributed by atoms with Crippen LogP contribution in [0.2, 0.25) is 0 Å². The van der Waals surface area contributed by atoms with E-state index in [1.54, 1.807) is 0 Å². The Bertz CT molecular complexity index is 203. The Morgan fingerprint density at radius 2 is 1.65 bits per heavy atom. The Balaban J connectivity index is 2.22. The van der Waals surface area contributed by atoms with Crippen LogP contribution in [0.4, 0.5) is 0 Å². The van der Waals surface area contributed by atoms with Crippen molar-refractivity contribution >= 4 is 0 Å². The van der Waals surface area contributed by atoms with Gasteiger partial charge in [-0.3, -0.25) is 0 Å². The Morgan fingerprint density at radius 3 is 2.18 bits per heavy atom. The maximum absolute atomic E-state index is 9.74. The Kier molecular flexibility index (Phi) is 6.41. The van der Waals surface area contributed by atoms with Crippen molar-refractivity contribution in [1.29, 1.82) is 0 Å². The fourth-order valence-corrected chi connectivity index (χ4v) is 2.22. The molecule has 3 N–H and O–H groups in total. The quantitative estimate of drug-likeness (QED) is 0.713. The van der Waals surface area contributed by atoms with Gasteiger partial charge in [-0.1, -0.05) is 0 Å². The van der Waals surface area contributed by atoms with Gasteiger partial charge in [0.15, 0.2) is 0 Å². The van der Waals surface area contributed by atoms with Crippen molar-refractivity contribution in [2.75, 3.05) is 45.8 Å². The summed E-state index contributed by atoms with van der Waals surface area (Å²) in [5, 5.41) is 9.74. The largest absolute Gasteiger partial charge is 0.390 e. The summed E-state index contributed by atoms with van der Waals surface area (Å²) in [6.45, 7) is 11.3. The van der Waals surface area contributed by atoms with E-state index in [0.717, 1.165) is 52.1 Å². The average Bonchev–Trinajstić information content (AvgIpc) is 2.48. The highest BCUT2D eigenvalue weighted by atomic mass is 16.3. The second-order valence-corrected chi connectivity index (χ2v) is 5.74. The van der Waals surface area contributed by atoms with E-state index in [1.165, 1.54) is 13.0 Å². The maximum atomic E-state index is 9.74. The lowest BCUT2D eigenvalue weighted by molar-refractivity contribution is 0.0581. The van der Waals surface area contributed by atoms with Crippen LogP contribution in [0.1, 0.15) is 33.1 Å². The van der Waals surface area contributed by atoms with E-state index in [0.29, 0.717) is 0 Å². The molecule has 1 fully saturated rings. The molecular formula is C13H29N3O. The van der Waals surface area contributed by atoms with Crippen LogP contribution in [-0.2, 0) is 0 Å². The molecule has 102 valence electrons. The minimum atomic E-state index is -0.536. The summed E-state index contributed by atoms with van der Waals surface area (Å²) in [6.07, 6.45) is 3.19. The van der Waals surface area contributed by atoms with Gasteiger partial charge in [0.1, 0.15) is 0 Å². The first-order chi connectivity index (χ1) is 8.01. The van der Waals surface area contributed by atoms with E-state index in [-0.39, 0.29) is 0 Å². The minimum absolute atomic E-state index is 0.536. The van der Waals surface area contributed by atoms with Crippen molar-refractivity contribution in [2.24, 2.45) is 5.73 Å². The maximum Gasteiger partial charge on any atom is 0.0603 e. The Labute approximate surface area is 106 Å². The number of hydrogen-bond donors (Lipinski definition) is 2. The van der Waals surface area contributed by atoms with E-state index in [9.17, 15) is 5.11 Å². The summed E-state index contributed by atoms with van der Waals surface area (Å²) in [7, 11) is 0. The lowest BCUT2D eigenvalue weighted by Crippen LogP contribution is -2.34. The van der Waals surface area contributed by atoms with Crippen molar-refractivity contribution in [3.8, 4) is 0 Å². The molecule has 4 heteroatoms. The van der Waals surface area contributed by atoms with E-state index < -0.39 is 5.60 Å². The van der Waals surface area contributed by atoms with Gasteiger partial charge >= 0.3 is 0 Å². The fraction of sp³-hybridized carbons (Fsp3) is 1.00. The van der Waals surface area contributed by atoms with Crippen LogP contribution >= 0.6 is 0 Å². The lowest BCUT2D eigenvalue weighted by Gasteiger charge is -2.25. The zero-order valence-electron chi connectivity index (χ0n) is 11.5. The summed E-state index contributed by atoms with van der Waals surface area (Å²) < 4.78 is 0. The third kappa shape index (κ3) is 6.99. The first kappa shape index (κ1) is 14.9. The summed E-state index contributed by atoms with van der Waals surface area (Å²) in [6, 6.07) is 0. The second kappa shape index (κ2) is 7.31. The van der Waals surface area contributed by atoms with Gasteiger partial charge in [0.2, 0.25) is 0 Å². The molecule has 1 saturated heterocycles. The van der Waals surface area contributed by atoms with Gasteiger partial charge in [0.25, 0.3) is 0 Å². The molecule has 0 bridgehead atoms. The molecule has 1 aliphatic heterocycles. The van der Waals surface area contributed by atoms with Crippen molar-refractivity contribution in [3.63, 3.8) is 0 Å². The SMILES string of the molecule is CC(C)(O)CCN1CCCN(CCCN)CC1. The first-order valence-electron chi connectivity index (χ1n) is 6.88. The molecule has 1 heterocycles. The zero-order valence-corrected chi connectivity index (χ0v) is 11.5. The molecule has 1 rings (SSSR count). The molecule has 0 aliphatic carbocycles. The van der Waals surface area contributed by atoms with Crippen molar-refractivity contribution in [1.82, 2.24) is 9.80 Å².